The number of amides is 1. The van der Waals surface area contributed by atoms with Crippen molar-refractivity contribution in [3.05, 3.63) is 53.4 Å². The fraction of sp³-hybridized carbons (Fsp3) is 0.190. The Morgan fingerprint density at radius 1 is 1.10 bits per heavy atom. The molecule has 0 saturated carbocycles. The van der Waals surface area contributed by atoms with Crippen molar-refractivity contribution in [1.29, 1.82) is 0 Å². The van der Waals surface area contributed by atoms with Crippen LogP contribution in [0.25, 0.3) is 11.3 Å². The summed E-state index contributed by atoms with van der Waals surface area (Å²) >= 11 is 2.59. The van der Waals surface area contributed by atoms with Gasteiger partial charge in [0.1, 0.15) is 13.2 Å². The van der Waals surface area contributed by atoms with E-state index < -0.39 is 0 Å². The van der Waals surface area contributed by atoms with Crippen LogP contribution >= 0.6 is 23.1 Å². The highest BCUT2D eigenvalue weighted by Crippen LogP contribution is 2.35. The Kier molecular flexibility index (Phi) is 5.82. The van der Waals surface area contributed by atoms with Crippen molar-refractivity contribution in [3.8, 4) is 22.8 Å². The number of nitrogens with one attached hydrogen (secondary N) is 1. The maximum Gasteiger partial charge on any atom is 0.236 e. The number of Topliss-reactive ketones (excluding diaryl/α,β-unsaturated/α-hetero) is 1. The van der Waals surface area contributed by atoms with E-state index in [4.69, 9.17) is 9.47 Å². The first-order valence-corrected chi connectivity index (χ1v) is 10.8. The standard InChI is InChI=1S/C21H18N2O4S2/c1-13(24)20-19(14-5-3-2-4-6-14)23-21(29-20)22-18(25)12-28-15-7-8-16-17(11-15)27-10-9-26-16/h2-8,11H,9-10,12H2,1H3,(H,22,23,25). The Bertz CT molecular complexity index is 1050. The maximum atomic E-state index is 12.4. The average molecular weight is 427 g/mol. The van der Waals surface area contributed by atoms with Gasteiger partial charge in [-0.05, 0) is 18.2 Å². The molecule has 0 radical (unpaired) electrons. The zero-order valence-corrected chi connectivity index (χ0v) is 17.3. The lowest BCUT2D eigenvalue weighted by Crippen LogP contribution is -2.15. The van der Waals surface area contributed by atoms with Crippen LogP contribution in [0, 0.1) is 0 Å². The predicted octanol–water partition coefficient (Wildman–Crippen LogP) is 4.51. The Morgan fingerprint density at radius 2 is 1.86 bits per heavy atom. The van der Waals surface area contributed by atoms with Crippen molar-refractivity contribution in [2.24, 2.45) is 0 Å². The number of thiazole rings is 1. The highest BCUT2D eigenvalue weighted by molar-refractivity contribution is 8.00. The van der Waals surface area contributed by atoms with Gasteiger partial charge in [-0.2, -0.15) is 0 Å². The molecule has 0 atom stereocenters. The second kappa shape index (κ2) is 8.67. The van der Waals surface area contributed by atoms with Crippen molar-refractivity contribution in [2.45, 2.75) is 11.8 Å². The molecule has 1 aliphatic rings. The van der Waals surface area contributed by atoms with Gasteiger partial charge >= 0.3 is 0 Å². The number of nitrogens with zero attached hydrogens (tertiary/aromatic N) is 1. The van der Waals surface area contributed by atoms with Crippen LogP contribution in [0.15, 0.2) is 53.4 Å². The summed E-state index contributed by atoms with van der Waals surface area (Å²) in [5.41, 5.74) is 1.44. The zero-order chi connectivity index (χ0) is 20.2. The minimum absolute atomic E-state index is 0.0764. The number of hydrogen-bond acceptors (Lipinski definition) is 7. The van der Waals surface area contributed by atoms with Crippen LogP contribution in [-0.4, -0.2) is 35.6 Å². The molecule has 0 bridgehead atoms. The first-order valence-electron chi connectivity index (χ1n) is 8.99. The van der Waals surface area contributed by atoms with Crippen LogP contribution in [0.2, 0.25) is 0 Å². The molecule has 6 nitrogen and oxygen atoms in total. The Labute approximate surface area is 176 Å². The quantitative estimate of drug-likeness (QED) is 0.461. The summed E-state index contributed by atoms with van der Waals surface area (Å²) < 4.78 is 11.1. The first kappa shape index (κ1) is 19.5. The summed E-state index contributed by atoms with van der Waals surface area (Å²) in [6.45, 7) is 2.57. The molecule has 3 aromatic rings. The van der Waals surface area contributed by atoms with E-state index in [2.05, 4.69) is 10.3 Å². The summed E-state index contributed by atoms with van der Waals surface area (Å²) in [6.07, 6.45) is 0. The number of ether oxygens (including phenoxy) is 2. The third-order valence-corrected chi connectivity index (χ3v) is 6.19. The van der Waals surface area contributed by atoms with Crippen LogP contribution in [-0.2, 0) is 4.79 Å². The number of carbonyl (C=O) groups excluding carboxylic acids is 2. The Morgan fingerprint density at radius 3 is 2.62 bits per heavy atom. The van der Waals surface area contributed by atoms with E-state index in [1.54, 1.807) is 0 Å². The number of benzene rings is 2. The van der Waals surface area contributed by atoms with Gasteiger partial charge in [0.05, 0.1) is 16.3 Å². The van der Waals surface area contributed by atoms with Crippen LogP contribution < -0.4 is 14.8 Å². The molecule has 1 N–H and O–H groups in total. The number of hydrogen-bond donors (Lipinski definition) is 1. The molecule has 8 heteroatoms. The second-order valence-corrected chi connectivity index (χ2v) is 8.31. The van der Waals surface area contributed by atoms with Gasteiger partial charge in [-0.15, -0.1) is 11.8 Å². The molecule has 0 spiro atoms. The Hall–Kier alpha value is -2.84. The fourth-order valence-corrected chi connectivity index (χ4v) is 4.45. The molecular weight excluding hydrogens is 408 g/mol. The zero-order valence-electron chi connectivity index (χ0n) is 15.6. The largest absolute Gasteiger partial charge is 0.486 e. The number of thioether (sulfide) groups is 1. The van der Waals surface area contributed by atoms with Crippen molar-refractivity contribution >= 4 is 39.9 Å². The van der Waals surface area contributed by atoms with Gasteiger partial charge in [-0.1, -0.05) is 41.7 Å². The predicted molar refractivity (Wildman–Crippen MR) is 114 cm³/mol. The van der Waals surface area contributed by atoms with Gasteiger partial charge in [0.25, 0.3) is 0 Å². The lowest BCUT2D eigenvalue weighted by Gasteiger charge is -2.18. The highest BCUT2D eigenvalue weighted by atomic mass is 32.2. The summed E-state index contributed by atoms with van der Waals surface area (Å²) in [7, 11) is 0. The smallest absolute Gasteiger partial charge is 0.236 e. The van der Waals surface area contributed by atoms with Gasteiger partial charge in [0.2, 0.25) is 5.91 Å². The lowest BCUT2D eigenvalue weighted by molar-refractivity contribution is -0.113. The molecular formula is C21H18N2O4S2. The first-order chi connectivity index (χ1) is 14.1. The van der Waals surface area contributed by atoms with Crippen LogP contribution in [0.5, 0.6) is 11.5 Å². The van der Waals surface area contributed by atoms with Crippen LogP contribution in [0.3, 0.4) is 0 Å². The van der Waals surface area contributed by atoms with Gasteiger partial charge in [0.15, 0.2) is 22.4 Å². The molecule has 4 rings (SSSR count). The minimum atomic E-state index is -0.187. The van der Waals surface area contributed by atoms with Crippen molar-refractivity contribution in [1.82, 2.24) is 4.98 Å². The van der Waals surface area contributed by atoms with Crippen LogP contribution in [0.1, 0.15) is 16.6 Å². The van der Waals surface area contributed by atoms with E-state index in [9.17, 15) is 9.59 Å². The number of ketones is 1. The number of carbonyl (C=O) groups is 2. The molecule has 0 saturated heterocycles. The molecule has 2 heterocycles. The van der Waals surface area contributed by atoms with E-state index in [-0.39, 0.29) is 17.4 Å². The molecule has 1 aliphatic heterocycles. The van der Waals surface area contributed by atoms with E-state index >= 15 is 0 Å². The van der Waals surface area contributed by atoms with E-state index in [1.165, 1.54) is 30.0 Å². The van der Waals surface area contributed by atoms with Gasteiger partial charge in [-0.25, -0.2) is 4.98 Å². The third kappa shape index (κ3) is 4.60. The molecule has 148 valence electrons. The van der Waals surface area contributed by atoms with Gasteiger partial charge < -0.3 is 14.8 Å². The lowest BCUT2D eigenvalue weighted by atomic mass is 10.1. The summed E-state index contributed by atoms with van der Waals surface area (Å²) in [5, 5.41) is 3.22. The monoisotopic (exact) mass is 426 g/mol. The number of fused-ring (bicyclic) bond motifs is 1. The molecule has 0 aliphatic carbocycles. The maximum absolute atomic E-state index is 12.4. The SMILES string of the molecule is CC(=O)c1sc(NC(=O)CSc2ccc3c(c2)OCCO3)nc1-c1ccccc1. The highest BCUT2D eigenvalue weighted by Gasteiger charge is 2.18. The van der Waals surface area contributed by atoms with E-state index in [1.807, 2.05) is 48.5 Å². The minimum Gasteiger partial charge on any atom is -0.486 e. The molecule has 0 fully saturated rings. The number of aromatic nitrogens is 1. The molecule has 0 unspecified atom stereocenters. The van der Waals surface area contributed by atoms with Gasteiger partial charge in [-0.3, -0.25) is 9.59 Å². The van der Waals surface area contributed by atoms with Crippen LogP contribution in [0.4, 0.5) is 5.13 Å². The topological polar surface area (TPSA) is 77.5 Å². The number of anilines is 1. The normalized spacial score (nSPS) is 12.4. The summed E-state index contributed by atoms with van der Waals surface area (Å²) in [6, 6.07) is 15.1. The van der Waals surface area contributed by atoms with Crippen molar-refractivity contribution < 1.29 is 19.1 Å². The summed E-state index contributed by atoms with van der Waals surface area (Å²) in [4.78, 5) is 30.3. The number of rotatable bonds is 6. The molecule has 29 heavy (non-hydrogen) atoms. The van der Waals surface area contributed by atoms with E-state index in [0.29, 0.717) is 34.7 Å². The molecule has 2 aromatic carbocycles. The average Bonchev–Trinajstić information content (AvgIpc) is 3.17. The van der Waals surface area contributed by atoms with Gasteiger partial charge in [0, 0.05) is 17.4 Å². The molecule has 1 amide bonds. The Balaban J connectivity index is 1.43. The van der Waals surface area contributed by atoms with Crippen molar-refractivity contribution in [3.63, 3.8) is 0 Å². The summed E-state index contributed by atoms with van der Waals surface area (Å²) in [5.74, 6) is 1.37. The molecule has 1 aromatic heterocycles. The van der Waals surface area contributed by atoms with Crippen molar-refractivity contribution in [2.75, 3.05) is 24.3 Å². The third-order valence-electron chi connectivity index (χ3n) is 4.12. The second-order valence-electron chi connectivity index (χ2n) is 6.26. The van der Waals surface area contributed by atoms with E-state index in [0.717, 1.165) is 16.2 Å². The fourth-order valence-electron chi connectivity index (χ4n) is 2.82.